The Kier molecular flexibility index (Phi) is 8.87. The van der Waals surface area contributed by atoms with E-state index in [-0.39, 0.29) is 29.1 Å². The van der Waals surface area contributed by atoms with Crippen molar-refractivity contribution in [1.29, 1.82) is 0 Å². The number of aryl methyl sites for hydroxylation is 1. The van der Waals surface area contributed by atoms with Crippen molar-refractivity contribution < 1.29 is 23.6 Å². The summed E-state index contributed by atoms with van der Waals surface area (Å²) in [6, 6.07) is 13.4. The summed E-state index contributed by atoms with van der Waals surface area (Å²) < 4.78 is 16.4. The molecule has 2 amide bonds. The zero-order valence-electron chi connectivity index (χ0n) is 24.4. The second-order valence-electron chi connectivity index (χ2n) is 12.0. The van der Waals surface area contributed by atoms with Crippen LogP contribution in [0, 0.1) is 6.92 Å². The van der Waals surface area contributed by atoms with Gasteiger partial charge in [-0.3, -0.25) is 14.5 Å². The Bertz CT molecular complexity index is 1380. The molecular formula is C32H40N4O5. The Morgan fingerprint density at radius 1 is 1.02 bits per heavy atom. The van der Waals surface area contributed by atoms with E-state index in [0.717, 1.165) is 74.6 Å². The molecule has 1 atom stereocenters. The van der Waals surface area contributed by atoms with Gasteiger partial charge in [-0.1, -0.05) is 38.1 Å². The number of anilines is 1. The van der Waals surface area contributed by atoms with Gasteiger partial charge in [-0.15, -0.1) is 0 Å². The Balaban J connectivity index is 1.31. The van der Waals surface area contributed by atoms with E-state index in [0.29, 0.717) is 23.5 Å². The number of benzene rings is 2. The quantitative estimate of drug-likeness (QED) is 0.402. The molecule has 3 heterocycles. The number of aromatic nitrogens is 1. The molecule has 5 rings (SSSR count). The van der Waals surface area contributed by atoms with E-state index in [1.54, 1.807) is 6.07 Å². The van der Waals surface area contributed by atoms with Gasteiger partial charge in [-0.05, 0) is 66.1 Å². The first kappa shape index (κ1) is 29.0. The molecule has 0 spiro atoms. The van der Waals surface area contributed by atoms with E-state index in [1.807, 2.05) is 37.3 Å². The van der Waals surface area contributed by atoms with E-state index >= 15 is 0 Å². The second kappa shape index (κ2) is 12.5. The van der Waals surface area contributed by atoms with Gasteiger partial charge in [0.25, 0.3) is 11.8 Å². The highest BCUT2D eigenvalue weighted by molar-refractivity contribution is 6.05. The second-order valence-corrected chi connectivity index (χ2v) is 12.0. The number of hydrogen-bond donors (Lipinski definition) is 2. The van der Waals surface area contributed by atoms with Crippen LogP contribution in [0.3, 0.4) is 0 Å². The summed E-state index contributed by atoms with van der Waals surface area (Å²) in [4.78, 5) is 28.4. The maximum Gasteiger partial charge on any atom is 0.290 e. The van der Waals surface area contributed by atoms with E-state index in [2.05, 4.69) is 47.5 Å². The van der Waals surface area contributed by atoms with Crippen molar-refractivity contribution >= 4 is 17.5 Å². The average Bonchev–Trinajstić information content (AvgIpc) is 3.66. The Morgan fingerprint density at radius 2 is 1.83 bits per heavy atom. The van der Waals surface area contributed by atoms with Crippen LogP contribution in [0.25, 0.3) is 11.3 Å². The number of amides is 2. The third kappa shape index (κ3) is 7.41. The summed E-state index contributed by atoms with van der Waals surface area (Å²) in [6.45, 7) is 13.6. The van der Waals surface area contributed by atoms with E-state index in [4.69, 9.17) is 14.0 Å². The first-order valence-electron chi connectivity index (χ1n) is 14.4. The van der Waals surface area contributed by atoms with Crippen molar-refractivity contribution in [3.63, 3.8) is 0 Å². The summed E-state index contributed by atoms with van der Waals surface area (Å²) in [7, 11) is 0. The predicted octanol–water partition coefficient (Wildman–Crippen LogP) is 4.94. The summed E-state index contributed by atoms with van der Waals surface area (Å²) >= 11 is 0. The van der Waals surface area contributed by atoms with Gasteiger partial charge in [0.2, 0.25) is 5.76 Å². The molecule has 3 aromatic rings. The van der Waals surface area contributed by atoms with Crippen molar-refractivity contribution in [3.05, 3.63) is 70.5 Å². The van der Waals surface area contributed by atoms with Crippen molar-refractivity contribution in [2.24, 2.45) is 0 Å². The lowest BCUT2D eigenvalue weighted by Crippen LogP contribution is -2.35. The van der Waals surface area contributed by atoms with Gasteiger partial charge in [0.15, 0.2) is 0 Å². The van der Waals surface area contributed by atoms with Crippen molar-refractivity contribution in [3.8, 4) is 11.3 Å². The molecule has 0 radical (unpaired) electrons. The lowest BCUT2D eigenvalue weighted by Gasteiger charge is -2.28. The third-order valence-electron chi connectivity index (χ3n) is 7.65. The van der Waals surface area contributed by atoms with Crippen LogP contribution in [-0.4, -0.2) is 67.4 Å². The zero-order chi connectivity index (χ0) is 29.0. The number of rotatable bonds is 8. The smallest absolute Gasteiger partial charge is 0.290 e. The van der Waals surface area contributed by atoms with E-state index in [9.17, 15) is 9.59 Å². The molecule has 2 saturated heterocycles. The zero-order valence-corrected chi connectivity index (χ0v) is 24.4. The number of nitrogens with zero attached hydrogens (tertiary/aromatic N) is 2. The Morgan fingerprint density at radius 3 is 2.56 bits per heavy atom. The maximum atomic E-state index is 13.5. The van der Waals surface area contributed by atoms with Crippen LogP contribution < -0.4 is 10.6 Å². The van der Waals surface area contributed by atoms with Crippen molar-refractivity contribution in [1.82, 2.24) is 15.4 Å². The lowest BCUT2D eigenvalue weighted by molar-refractivity contribution is 0.0341. The standard InChI is InChI=1S/C32H40N4O5/c1-21-7-8-25(17-27(21)28-18-29(41-35-28)31(38)33-19-26-6-5-11-40-26)34-30(37)23-14-22(15-24(16-23)32(2,3)4)20-36-9-12-39-13-10-36/h7-8,14-18,26H,5-6,9-13,19-20H2,1-4H3,(H,33,38)(H,34,37). The molecule has 1 unspecified atom stereocenters. The highest BCUT2D eigenvalue weighted by atomic mass is 16.5. The van der Waals surface area contributed by atoms with Crippen LogP contribution >= 0.6 is 0 Å². The Labute approximate surface area is 241 Å². The summed E-state index contributed by atoms with van der Waals surface area (Å²) in [6.07, 6.45) is 2.00. The topological polar surface area (TPSA) is 106 Å². The number of ether oxygens (including phenoxy) is 2. The normalized spacial score (nSPS) is 17.9. The van der Waals surface area contributed by atoms with Gasteiger partial charge in [0.1, 0.15) is 5.69 Å². The van der Waals surface area contributed by atoms with Crippen LogP contribution in [0.15, 0.2) is 47.0 Å². The number of carbonyl (C=O) groups is 2. The fourth-order valence-corrected chi connectivity index (χ4v) is 5.15. The lowest BCUT2D eigenvalue weighted by atomic mass is 9.85. The molecule has 218 valence electrons. The molecule has 41 heavy (non-hydrogen) atoms. The fourth-order valence-electron chi connectivity index (χ4n) is 5.15. The summed E-state index contributed by atoms with van der Waals surface area (Å²) in [5, 5.41) is 10.1. The minimum Gasteiger partial charge on any atom is -0.379 e. The van der Waals surface area contributed by atoms with Crippen molar-refractivity contribution in [2.75, 3.05) is 44.8 Å². The van der Waals surface area contributed by atoms with Gasteiger partial charge in [-0.2, -0.15) is 0 Å². The average molecular weight is 561 g/mol. The van der Waals surface area contributed by atoms with E-state index in [1.165, 1.54) is 0 Å². The van der Waals surface area contributed by atoms with Crippen molar-refractivity contribution in [2.45, 2.75) is 58.6 Å². The maximum absolute atomic E-state index is 13.5. The molecule has 9 nitrogen and oxygen atoms in total. The summed E-state index contributed by atoms with van der Waals surface area (Å²) in [5.41, 5.74) is 5.64. The molecule has 0 bridgehead atoms. The molecule has 2 aliphatic rings. The molecule has 2 fully saturated rings. The molecular weight excluding hydrogens is 520 g/mol. The Hall–Kier alpha value is -3.53. The van der Waals surface area contributed by atoms with Crippen LogP contribution in [0.1, 0.15) is 71.2 Å². The number of hydrogen-bond acceptors (Lipinski definition) is 7. The van der Waals surface area contributed by atoms with Crippen LogP contribution in [-0.2, 0) is 21.4 Å². The molecule has 1 aromatic heterocycles. The molecule has 0 saturated carbocycles. The molecule has 2 N–H and O–H groups in total. The minimum absolute atomic E-state index is 0.0448. The summed E-state index contributed by atoms with van der Waals surface area (Å²) in [5.74, 6) is -0.366. The predicted molar refractivity (Wildman–Crippen MR) is 157 cm³/mol. The number of carbonyl (C=O) groups excluding carboxylic acids is 2. The van der Waals surface area contributed by atoms with Crippen LogP contribution in [0.2, 0.25) is 0 Å². The largest absolute Gasteiger partial charge is 0.379 e. The van der Waals surface area contributed by atoms with E-state index < -0.39 is 0 Å². The highest BCUT2D eigenvalue weighted by Crippen LogP contribution is 2.29. The van der Waals surface area contributed by atoms with Gasteiger partial charge >= 0.3 is 0 Å². The molecule has 9 heteroatoms. The van der Waals surface area contributed by atoms with Gasteiger partial charge < -0.3 is 24.6 Å². The molecule has 2 aromatic carbocycles. The third-order valence-corrected chi connectivity index (χ3v) is 7.65. The monoisotopic (exact) mass is 560 g/mol. The number of morpholine rings is 1. The first-order chi connectivity index (χ1) is 19.7. The van der Waals surface area contributed by atoms with Crippen LogP contribution in [0.4, 0.5) is 5.69 Å². The van der Waals surface area contributed by atoms with Gasteiger partial charge in [-0.25, -0.2) is 0 Å². The number of nitrogens with one attached hydrogen (secondary N) is 2. The minimum atomic E-state index is -0.326. The highest BCUT2D eigenvalue weighted by Gasteiger charge is 2.22. The SMILES string of the molecule is Cc1ccc(NC(=O)c2cc(CN3CCOCC3)cc(C(C)(C)C)c2)cc1-c1cc(C(=O)NCC2CCCO2)on1. The fraction of sp³-hybridized carbons (Fsp3) is 0.469. The molecule has 2 aliphatic heterocycles. The molecule has 0 aliphatic carbocycles. The van der Waals surface area contributed by atoms with Gasteiger partial charge in [0.05, 0.1) is 19.3 Å². The van der Waals surface area contributed by atoms with Gasteiger partial charge in [0, 0.05) is 55.7 Å². The first-order valence-corrected chi connectivity index (χ1v) is 14.4. The van der Waals surface area contributed by atoms with Crippen LogP contribution in [0.5, 0.6) is 0 Å².